The van der Waals surface area contributed by atoms with E-state index in [1.165, 1.54) is 24.1 Å². The van der Waals surface area contributed by atoms with E-state index in [0.717, 1.165) is 13.1 Å². The van der Waals surface area contributed by atoms with Crippen LogP contribution in [-0.2, 0) is 0 Å². The third kappa shape index (κ3) is 4.28. The lowest BCUT2D eigenvalue weighted by Crippen LogP contribution is -2.10. The minimum absolute atomic E-state index is 1.06. The summed E-state index contributed by atoms with van der Waals surface area (Å²) < 4.78 is 0. The molecule has 0 spiro atoms. The molecule has 0 amide bonds. The number of rotatable bonds is 6. The Kier molecular flexibility index (Phi) is 5.08. The average Bonchev–Trinajstić information content (AvgIpc) is 2.18. The standard InChI is InChI=1S/C12H20N2/c1-11-6-5-7-12(10-11)14-9-4-3-8-13-2/h5-7,10,13-14H,3-4,8-9H2,1-2H3. The van der Waals surface area contributed by atoms with E-state index in [1.807, 2.05) is 7.05 Å². The average molecular weight is 192 g/mol. The van der Waals surface area contributed by atoms with Crippen molar-refractivity contribution < 1.29 is 0 Å². The van der Waals surface area contributed by atoms with Crippen LogP contribution in [0.25, 0.3) is 0 Å². The first kappa shape index (κ1) is 11.1. The molecule has 2 N–H and O–H groups in total. The summed E-state index contributed by atoms with van der Waals surface area (Å²) in [6.45, 7) is 4.28. The first-order valence-corrected chi connectivity index (χ1v) is 5.28. The molecule has 0 aliphatic heterocycles. The van der Waals surface area contributed by atoms with Crippen molar-refractivity contribution in [2.24, 2.45) is 0 Å². The normalized spacial score (nSPS) is 10.1. The highest BCUT2D eigenvalue weighted by Gasteiger charge is 1.91. The molecule has 0 bridgehead atoms. The van der Waals surface area contributed by atoms with Crippen LogP contribution >= 0.6 is 0 Å². The second kappa shape index (κ2) is 6.44. The first-order valence-electron chi connectivity index (χ1n) is 5.28. The minimum Gasteiger partial charge on any atom is -0.385 e. The van der Waals surface area contributed by atoms with E-state index in [1.54, 1.807) is 0 Å². The molecule has 0 fully saturated rings. The maximum absolute atomic E-state index is 3.42. The first-order chi connectivity index (χ1) is 6.83. The van der Waals surface area contributed by atoms with Crippen LogP contribution in [0.1, 0.15) is 18.4 Å². The molecule has 0 radical (unpaired) electrons. The second-order valence-electron chi connectivity index (χ2n) is 3.61. The fourth-order valence-electron chi connectivity index (χ4n) is 1.41. The smallest absolute Gasteiger partial charge is 0.0342 e. The van der Waals surface area contributed by atoms with E-state index in [-0.39, 0.29) is 0 Å². The van der Waals surface area contributed by atoms with Crippen LogP contribution in [0.2, 0.25) is 0 Å². The highest BCUT2D eigenvalue weighted by atomic mass is 14.9. The van der Waals surface area contributed by atoms with Gasteiger partial charge in [0.1, 0.15) is 0 Å². The number of hydrogen-bond donors (Lipinski definition) is 2. The van der Waals surface area contributed by atoms with E-state index < -0.39 is 0 Å². The Balaban J connectivity index is 2.18. The van der Waals surface area contributed by atoms with Crippen molar-refractivity contribution >= 4 is 5.69 Å². The van der Waals surface area contributed by atoms with Gasteiger partial charge in [-0.05, 0) is 51.1 Å². The lowest BCUT2D eigenvalue weighted by atomic mass is 10.2. The summed E-state index contributed by atoms with van der Waals surface area (Å²) in [6.07, 6.45) is 2.45. The van der Waals surface area contributed by atoms with Crippen molar-refractivity contribution in [3.05, 3.63) is 29.8 Å². The molecule has 2 nitrogen and oxygen atoms in total. The fraction of sp³-hybridized carbons (Fsp3) is 0.500. The number of anilines is 1. The van der Waals surface area contributed by atoms with Crippen LogP contribution in [0.5, 0.6) is 0 Å². The second-order valence-corrected chi connectivity index (χ2v) is 3.61. The van der Waals surface area contributed by atoms with Crippen LogP contribution < -0.4 is 10.6 Å². The van der Waals surface area contributed by atoms with Crippen molar-refractivity contribution in [3.8, 4) is 0 Å². The highest BCUT2D eigenvalue weighted by molar-refractivity contribution is 5.45. The van der Waals surface area contributed by atoms with E-state index >= 15 is 0 Å². The van der Waals surface area contributed by atoms with Crippen LogP contribution in [0.15, 0.2) is 24.3 Å². The van der Waals surface area contributed by atoms with Crippen LogP contribution in [0.4, 0.5) is 5.69 Å². The molecule has 0 unspecified atom stereocenters. The zero-order chi connectivity index (χ0) is 10.2. The quantitative estimate of drug-likeness (QED) is 0.676. The molecule has 14 heavy (non-hydrogen) atoms. The summed E-state index contributed by atoms with van der Waals surface area (Å²) in [5, 5.41) is 6.56. The Morgan fingerprint density at radius 2 is 1.93 bits per heavy atom. The maximum atomic E-state index is 3.42. The SMILES string of the molecule is CNCCCCNc1cccc(C)c1. The molecule has 0 aromatic heterocycles. The van der Waals surface area contributed by atoms with Gasteiger partial charge in [-0.2, -0.15) is 0 Å². The molecule has 0 heterocycles. The Morgan fingerprint density at radius 3 is 2.64 bits per heavy atom. The van der Waals surface area contributed by atoms with Gasteiger partial charge in [-0.25, -0.2) is 0 Å². The van der Waals surface area contributed by atoms with Gasteiger partial charge in [-0.1, -0.05) is 12.1 Å². The molecule has 1 aromatic carbocycles. The van der Waals surface area contributed by atoms with Gasteiger partial charge in [0.2, 0.25) is 0 Å². The topological polar surface area (TPSA) is 24.1 Å². The third-order valence-corrected chi connectivity index (χ3v) is 2.20. The Hall–Kier alpha value is -1.02. The minimum atomic E-state index is 1.06. The van der Waals surface area contributed by atoms with Crippen molar-refractivity contribution in [3.63, 3.8) is 0 Å². The van der Waals surface area contributed by atoms with Gasteiger partial charge in [0.05, 0.1) is 0 Å². The third-order valence-electron chi connectivity index (χ3n) is 2.20. The molecule has 0 atom stereocenters. The summed E-state index contributed by atoms with van der Waals surface area (Å²) in [7, 11) is 1.99. The van der Waals surface area contributed by atoms with Gasteiger partial charge >= 0.3 is 0 Å². The summed E-state index contributed by atoms with van der Waals surface area (Å²) in [4.78, 5) is 0. The van der Waals surface area contributed by atoms with Crippen molar-refractivity contribution in [2.75, 3.05) is 25.5 Å². The van der Waals surface area contributed by atoms with E-state index in [0.29, 0.717) is 0 Å². The van der Waals surface area contributed by atoms with Gasteiger partial charge in [0, 0.05) is 12.2 Å². The maximum Gasteiger partial charge on any atom is 0.0342 e. The molecule has 78 valence electrons. The summed E-state index contributed by atoms with van der Waals surface area (Å²) >= 11 is 0. The Bertz CT molecular complexity index is 258. The number of nitrogens with one attached hydrogen (secondary N) is 2. The Labute approximate surface area is 86.7 Å². The predicted molar refractivity (Wildman–Crippen MR) is 62.8 cm³/mol. The van der Waals surface area contributed by atoms with Crippen molar-refractivity contribution in [2.45, 2.75) is 19.8 Å². The van der Waals surface area contributed by atoms with Crippen molar-refractivity contribution in [1.29, 1.82) is 0 Å². The van der Waals surface area contributed by atoms with Gasteiger partial charge in [0.15, 0.2) is 0 Å². The van der Waals surface area contributed by atoms with Gasteiger partial charge in [0.25, 0.3) is 0 Å². The molecule has 0 saturated heterocycles. The monoisotopic (exact) mass is 192 g/mol. The largest absolute Gasteiger partial charge is 0.385 e. The van der Waals surface area contributed by atoms with Crippen LogP contribution in [0, 0.1) is 6.92 Å². The number of unbranched alkanes of at least 4 members (excludes halogenated alkanes) is 1. The molecular formula is C12H20N2. The van der Waals surface area contributed by atoms with E-state index in [4.69, 9.17) is 0 Å². The highest BCUT2D eigenvalue weighted by Crippen LogP contribution is 2.09. The molecule has 0 aliphatic rings. The number of hydrogen-bond acceptors (Lipinski definition) is 2. The Morgan fingerprint density at radius 1 is 1.14 bits per heavy atom. The molecule has 0 saturated carbocycles. The summed E-state index contributed by atoms with van der Waals surface area (Å²) in [5.74, 6) is 0. The predicted octanol–water partition coefficient (Wildman–Crippen LogP) is 2.41. The molecule has 1 rings (SSSR count). The van der Waals surface area contributed by atoms with E-state index in [2.05, 4.69) is 41.8 Å². The lowest BCUT2D eigenvalue weighted by Gasteiger charge is -2.06. The van der Waals surface area contributed by atoms with Crippen LogP contribution in [0.3, 0.4) is 0 Å². The summed E-state index contributed by atoms with van der Waals surface area (Å²) in [5.41, 5.74) is 2.54. The van der Waals surface area contributed by atoms with Gasteiger partial charge < -0.3 is 10.6 Å². The van der Waals surface area contributed by atoms with Gasteiger partial charge in [-0.3, -0.25) is 0 Å². The van der Waals surface area contributed by atoms with Crippen molar-refractivity contribution in [1.82, 2.24) is 5.32 Å². The molecular weight excluding hydrogens is 172 g/mol. The molecule has 2 heteroatoms. The zero-order valence-corrected chi connectivity index (χ0v) is 9.14. The fourth-order valence-corrected chi connectivity index (χ4v) is 1.41. The molecule has 1 aromatic rings. The number of aryl methyl sites for hydroxylation is 1. The zero-order valence-electron chi connectivity index (χ0n) is 9.14. The number of benzene rings is 1. The molecule has 0 aliphatic carbocycles. The summed E-state index contributed by atoms with van der Waals surface area (Å²) in [6, 6.07) is 8.50. The van der Waals surface area contributed by atoms with E-state index in [9.17, 15) is 0 Å². The lowest BCUT2D eigenvalue weighted by molar-refractivity contribution is 0.694. The van der Waals surface area contributed by atoms with Gasteiger partial charge in [-0.15, -0.1) is 0 Å². The van der Waals surface area contributed by atoms with Crippen LogP contribution in [-0.4, -0.2) is 20.1 Å².